The van der Waals surface area contributed by atoms with E-state index in [0.717, 1.165) is 32.8 Å². The molecule has 1 aliphatic rings. The van der Waals surface area contributed by atoms with Crippen molar-refractivity contribution in [2.24, 2.45) is 0 Å². The van der Waals surface area contributed by atoms with Crippen LogP contribution in [0.5, 0.6) is 0 Å². The Morgan fingerprint density at radius 2 is 2.25 bits per heavy atom. The predicted octanol–water partition coefficient (Wildman–Crippen LogP) is 1.37. The minimum atomic E-state index is -0.252. The molecule has 2 rings (SSSR count). The van der Waals surface area contributed by atoms with Crippen molar-refractivity contribution in [1.82, 2.24) is 4.90 Å². The van der Waals surface area contributed by atoms with E-state index in [1.54, 1.807) is 0 Å². The van der Waals surface area contributed by atoms with Gasteiger partial charge in [0.05, 0.1) is 20.3 Å². The van der Waals surface area contributed by atoms with Crippen LogP contribution in [-0.2, 0) is 16.0 Å². The number of hydrogen-bond acceptors (Lipinski definition) is 5. The molecule has 1 aliphatic heterocycles. The number of morpholine rings is 1. The number of esters is 1. The molecule has 0 aliphatic carbocycles. The Bertz CT molecular complexity index is 358. The highest BCUT2D eigenvalue weighted by molar-refractivity contribution is 7.13. The highest BCUT2D eigenvalue weighted by Gasteiger charge is 2.14. The van der Waals surface area contributed by atoms with Crippen LogP contribution in [0, 0.1) is 0 Å². The van der Waals surface area contributed by atoms with Crippen LogP contribution < -0.4 is 0 Å². The summed E-state index contributed by atoms with van der Waals surface area (Å²) in [5.74, 6) is -0.252. The van der Waals surface area contributed by atoms with Gasteiger partial charge < -0.3 is 9.47 Å². The molecular weight excluding hydrogens is 226 g/mol. The molecule has 0 unspecified atom stereocenters. The maximum atomic E-state index is 11.3. The molecule has 0 N–H and O–H groups in total. The summed E-state index contributed by atoms with van der Waals surface area (Å²) in [6.45, 7) is 4.42. The average molecular weight is 241 g/mol. The van der Waals surface area contributed by atoms with E-state index >= 15 is 0 Å². The van der Waals surface area contributed by atoms with Crippen molar-refractivity contribution in [3.63, 3.8) is 0 Å². The summed E-state index contributed by atoms with van der Waals surface area (Å²) in [5, 5.41) is 0. The second-order valence-electron chi connectivity index (χ2n) is 3.65. The quantitative estimate of drug-likeness (QED) is 0.749. The van der Waals surface area contributed by atoms with Crippen molar-refractivity contribution in [1.29, 1.82) is 0 Å². The van der Waals surface area contributed by atoms with Crippen molar-refractivity contribution in [3.8, 4) is 0 Å². The number of hydrogen-bond donors (Lipinski definition) is 0. The van der Waals surface area contributed by atoms with Crippen molar-refractivity contribution >= 4 is 17.3 Å². The molecule has 1 aromatic rings. The van der Waals surface area contributed by atoms with Gasteiger partial charge in [-0.25, -0.2) is 4.79 Å². The average Bonchev–Trinajstić information content (AvgIpc) is 2.78. The molecule has 0 bridgehead atoms. The van der Waals surface area contributed by atoms with E-state index in [2.05, 4.69) is 9.64 Å². The lowest BCUT2D eigenvalue weighted by molar-refractivity contribution is 0.0346. The summed E-state index contributed by atoms with van der Waals surface area (Å²) in [7, 11) is 1.41. The Hall–Kier alpha value is -0.910. The molecular formula is C11H15NO3S. The molecule has 1 aromatic heterocycles. The molecule has 5 heteroatoms. The van der Waals surface area contributed by atoms with E-state index in [0.29, 0.717) is 4.88 Å². The van der Waals surface area contributed by atoms with Crippen molar-refractivity contribution in [2.45, 2.75) is 6.54 Å². The molecule has 16 heavy (non-hydrogen) atoms. The Balaban J connectivity index is 1.94. The summed E-state index contributed by atoms with van der Waals surface area (Å²) in [4.78, 5) is 15.5. The third kappa shape index (κ3) is 2.81. The van der Waals surface area contributed by atoms with Crippen molar-refractivity contribution in [3.05, 3.63) is 21.9 Å². The van der Waals surface area contributed by atoms with Crippen LogP contribution in [-0.4, -0.2) is 44.3 Å². The van der Waals surface area contributed by atoms with Gasteiger partial charge in [-0.05, 0) is 12.1 Å². The number of nitrogens with zero attached hydrogens (tertiary/aromatic N) is 1. The lowest BCUT2D eigenvalue weighted by Crippen LogP contribution is -2.35. The van der Waals surface area contributed by atoms with Gasteiger partial charge in [-0.1, -0.05) is 0 Å². The monoisotopic (exact) mass is 241 g/mol. The van der Waals surface area contributed by atoms with Crippen molar-refractivity contribution in [2.75, 3.05) is 33.4 Å². The molecule has 0 aromatic carbocycles. The molecule has 0 spiro atoms. The predicted molar refractivity (Wildman–Crippen MR) is 61.8 cm³/mol. The van der Waals surface area contributed by atoms with Crippen LogP contribution in [0.2, 0.25) is 0 Å². The number of rotatable bonds is 3. The normalized spacial score (nSPS) is 17.3. The summed E-state index contributed by atoms with van der Waals surface area (Å²) in [5.41, 5.74) is 0. The standard InChI is InChI=1S/C11H15NO3S/c1-14-11(13)10-3-2-9(16-10)8-12-4-6-15-7-5-12/h2-3H,4-8H2,1H3. The maximum Gasteiger partial charge on any atom is 0.348 e. The summed E-state index contributed by atoms with van der Waals surface area (Å²) in [6, 6.07) is 3.82. The zero-order valence-electron chi connectivity index (χ0n) is 9.27. The zero-order valence-corrected chi connectivity index (χ0v) is 10.1. The smallest absolute Gasteiger partial charge is 0.348 e. The van der Waals surface area contributed by atoms with Gasteiger partial charge in [-0.2, -0.15) is 0 Å². The van der Waals surface area contributed by atoms with Gasteiger partial charge in [0.1, 0.15) is 4.88 Å². The lowest BCUT2D eigenvalue weighted by Gasteiger charge is -2.25. The van der Waals surface area contributed by atoms with Crippen LogP contribution in [0.1, 0.15) is 14.5 Å². The number of ether oxygens (including phenoxy) is 2. The van der Waals surface area contributed by atoms with E-state index in [1.165, 1.54) is 23.3 Å². The van der Waals surface area contributed by atoms with Gasteiger partial charge in [-0.3, -0.25) is 4.90 Å². The topological polar surface area (TPSA) is 38.8 Å². The number of methoxy groups -OCH3 is 1. The highest BCUT2D eigenvalue weighted by atomic mass is 32.1. The van der Waals surface area contributed by atoms with E-state index in [-0.39, 0.29) is 5.97 Å². The van der Waals surface area contributed by atoms with Crippen LogP contribution in [0.15, 0.2) is 12.1 Å². The Labute approximate surface area is 98.8 Å². The van der Waals surface area contributed by atoms with Crippen LogP contribution in [0.25, 0.3) is 0 Å². The minimum Gasteiger partial charge on any atom is -0.465 e. The van der Waals surface area contributed by atoms with E-state index in [9.17, 15) is 4.79 Å². The number of carbonyl (C=O) groups is 1. The SMILES string of the molecule is COC(=O)c1ccc(CN2CCOCC2)s1. The first kappa shape index (κ1) is 11.6. The van der Waals surface area contributed by atoms with Crippen LogP contribution >= 0.6 is 11.3 Å². The van der Waals surface area contributed by atoms with Gasteiger partial charge >= 0.3 is 5.97 Å². The molecule has 88 valence electrons. The largest absolute Gasteiger partial charge is 0.465 e. The fourth-order valence-corrected chi connectivity index (χ4v) is 2.62. The third-order valence-corrected chi connectivity index (χ3v) is 3.58. The van der Waals surface area contributed by atoms with Crippen LogP contribution in [0.3, 0.4) is 0 Å². The Morgan fingerprint density at radius 1 is 1.50 bits per heavy atom. The summed E-state index contributed by atoms with van der Waals surface area (Å²) < 4.78 is 9.96. The van der Waals surface area contributed by atoms with E-state index in [1.807, 2.05) is 12.1 Å². The molecule has 1 saturated heterocycles. The molecule has 0 saturated carbocycles. The minimum absolute atomic E-state index is 0.252. The molecule has 0 atom stereocenters. The summed E-state index contributed by atoms with van der Waals surface area (Å²) in [6.07, 6.45) is 0. The maximum absolute atomic E-state index is 11.3. The molecule has 4 nitrogen and oxygen atoms in total. The fourth-order valence-electron chi connectivity index (χ4n) is 1.65. The summed E-state index contributed by atoms with van der Waals surface area (Å²) >= 11 is 1.50. The van der Waals surface area contributed by atoms with Gasteiger partial charge in [0.25, 0.3) is 0 Å². The Kier molecular flexibility index (Phi) is 3.93. The first-order valence-electron chi connectivity index (χ1n) is 5.27. The third-order valence-electron chi connectivity index (χ3n) is 2.53. The molecule has 1 fully saturated rings. The van der Waals surface area contributed by atoms with Gasteiger partial charge in [0.15, 0.2) is 0 Å². The van der Waals surface area contributed by atoms with Crippen LogP contribution in [0.4, 0.5) is 0 Å². The first-order valence-corrected chi connectivity index (χ1v) is 6.08. The number of thiophene rings is 1. The Morgan fingerprint density at radius 3 is 2.94 bits per heavy atom. The van der Waals surface area contributed by atoms with E-state index in [4.69, 9.17) is 4.74 Å². The second kappa shape index (κ2) is 5.43. The van der Waals surface area contributed by atoms with Crippen molar-refractivity contribution < 1.29 is 14.3 Å². The highest BCUT2D eigenvalue weighted by Crippen LogP contribution is 2.19. The molecule has 0 radical (unpaired) electrons. The van der Waals surface area contributed by atoms with E-state index < -0.39 is 0 Å². The van der Waals surface area contributed by atoms with Gasteiger partial charge in [-0.15, -0.1) is 11.3 Å². The second-order valence-corrected chi connectivity index (χ2v) is 4.81. The number of carbonyl (C=O) groups excluding carboxylic acids is 1. The molecule has 2 heterocycles. The first-order chi connectivity index (χ1) is 7.79. The van der Waals surface area contributed by atoms with Gasteiger partial charge in [0, 0.05) is 24.5 Å². The lowest BCUT2D eigenvalue weighted by atomic mass is 10.3. The fraction of sp³-hybridized carbons (Fsp3) is 0.545. The zero-order chi connectivity index (χ0) is 11.4. The van der Waals surface area contributed by atoms with Gasteiger partial charge in [0.2, 0.25) is 0 Å². The molecule has 0 amide bonds.